The van der Waals surface area contributed by atoms with Crippen molar-refractivity contribution in [2.24, 2.45) is 0 Å². The number of hydrogen-bond donors (Lipinski definition) is 0. The van der Waals surface area contributed by atoms with Crippen molar-refractivity contribution in [1.29, 1.82) is 0 Å². The van der Waals surface area contributed by atoms with Crippen LogP contribution in [0.1, 0.15) is 29.9 Å². The third-order valence-corrected chi connectivity index (χ3v) is 6.04. The van der Waals surface area contributed by atoms with Crippen LogP contribution in [0.5, 0.6) is 5.75 Å². The third-order valence-electron chi connectivity index (χ3n) is 6.04. The molecule has 0 bridgehead atoms. The van der Waals surface area contributed by atoms with E-state index in [0.29, 0.717) is 13.1 Å². The molecule has 2 aliphatic rings. The summed E-state index contributed by atoms with van der Waals surface area (Å²) in [5.41, 5.74) is 2.15. The Labute approximate surface area is 165 Å². The Bertz CT molecular complexity index is 796. The van der Waals surface area contributed by atoms with Crippen molar-refractivity contribution in [3.8, 4) is 5.75 Å². The fourth-order valence-electron chi connectivity index (χ4n) is 4.46. The van der Waals surface area contributed by atoms with E-state index in [-0.39, 0.29) is 17.9 Å². The van der Waals surface area contributed by atoms with Gasteiger partial charge in [-0.1, -0.05) is 42.5 Å². The highest BCUT2D eigenvalue weighted by molar-refractivity contribution is 5.84. The van der Waals surface area contributed by atoms with E-state index in [1.165, 1.54) is 0 Å². The smallest absolute Gasteiger partial charge is 0.240 e. The monoisotopic (exact) mass is 382 g/mol. The molecule has 2 heterocycles. The SMILES string of the molecule is COc1ccc(C2CCN(C3CCN(Cc4ccccc4)C3=O)CC2F)cc1. The minimum atomic E-state index is -0.960. The van der Waals surface area contributed by atoms with Crippen LogP contribution in [0.3, 0.4) is 0 Å². The second kappa shape index (κ2) is 8.31. The Morgan fingerprint density at radius 2 is 1.79 bits per heavy atom. The summed E-state index contributed by atoms with van der Waals surface area (Å²) in [7, 11) is 1.63. The molecule has 2 saturated heterocycles. The average molecular weight is 382 g/mol. The molecule has 28 heavy (non-hydrogen) atoms. The van der Waals surface area contributed by atoms with Crippen molar-refractivity contribution in [2.75, 3.05) is 26.7 Å². The van der Waals surface area contributed by atoms with Gasteiger partial charge in [0, 0.05) is 25.6 Å². The average Bonchev–Trinajstić information content (AvgIpc) is 3.09. The maximum absolute atomic E-state index is 15.0. The number of ether oxygens (including phenoxy) is 1. The predicted molar refractivity (Wildman–Crippen MR) is 107 cm³/mol. The molecular weight excluding hydrogens is 355 g/mol. The molecule has 0 spiro atoms. The molecule has 0 aliphatic carbocycles. The molecule has 0 N–H and O–H groups in total. The Hall–Kier alpha value is -2.40. The van der Waals surface area contributed by atoms with Crippen LogP contribution in [0.4, 0.5) is 4.39 Å². The van der Waals surface area contributed by atoms with Gasteiger partial charge in [-0.05, 0) is 42.6 Å². The van der Waals surface area contributed by atoms with E-state index in [4.69, 9.17) is 4.74 Å². The van der Waals surface area contributed by atoms with Gasteiger partial charge in [0.1, 0.15) is 11.9 Å². The van der Waals surface area contributed by atoms with Crippen LogP contribution in [0.2, 0.25) is 0 Å². The highest BCUT2D eigenvalue weighted by Gasteiger charge is 2.40. The number of carbonyl (C=O) groups excluding carboxylic acids is 1. The number of rotatable bonds is 5. The van der Waals surface area contributed by atoms with Crippen LogP contribution >= 0.6 is 0 Å². The van der Waals surface area contributed by atoms with Crippen molar-refractivity contribution in [2.45, 2.75) is 37.5 Å². The molecule has 2 aromatic carbocycles. The molecule has 2 fully saturated rings. The lowest BCUT2D eigenvalue weighted by Crippen LogP contribution is -2.49. The fourth-order valence-corrected chi connectivity index (χ4v) is 4.46. The number of alkyl halides is 1. The number of amides is 1. The lowest BCUT2D eigenvalue weighted by Gasteiger charge is -2.37. The zero-order chi connectivity index (χ0) is 19.5. The van der Waals surface area contributed by atoms with Gasteiger partial charge in [0.15, 0.2) is 0 Å². The molecule has 3 atom stereocenters. The minimum Gasteiger partial charge on any atom is -0.497 e. The normalized spacial score (nSPS) is 25.9. The highest BCUT2D eigenvalue weighted by atomic mass is 19.1. The molecule has 4 nitrogen and oxygen atoms in total. The van der Waals surface area contributed by atoms with Gasteiger partial charge in [-0.15, -0.1) is 0 Å². The summed E-state index contributed by atoms with van der Waals surface area (Å²) < 4.78 is 20.2. The van der Waals surface area contributed by atoms with Gasteiger partial charge in [-0.2, -0.15) is 0 Å². The molecule has 2 aliphatic heterocycles. The zero-order valence-electron chi connectivity index (χ0n) is 16.3. The molecule has 148 valence electrons. The summed E-state index contributed by atoms with van der Waals surface area (Å²) in [5.74, 6) is 0.810. The second-order valence-corrected chi connectivity index (χ2v) is 7.73. The van der Waals surface area contributed by atoms with E-state index >= 15 is 0 Å². The summed E-state index contributed by atoms with van der Waals surface area (Å²) in [6, 6.07) is 17.5. The molecule has 0 radical (unpaired) electrons. The van der Waals surface area contributed by atoms with Crippen molar-refractivity contribution in [3.63, 3.8) is 0 Å². The van der Waals surface area contributed by atoms with E-state index in [0.717, 1.165) is 42.8 Å². The maximum Gasteiger partial charge on any atom is 0.240 e. The van der Waals surface area contributed by atoms with E-state index in [1.807, 2.05) is 59.5 Å². The number of benzene rings is 2. The fraction of sp³-hybridized carbons (Fsp3) is 0.435. The standard InChI is InChI=1S/C23H27FN2O2/c1-28-19-9-7-18(8-10-19)20-11-13-25(16-21(20)24)22-12-14-26(23(22)27)15-17-5-3-2-4-6-17/h2-10,20-22H,11-16H2,1H3. The predicted octanol–water partition coefficient (Wildman–Crippen LogP) is 3.62. The van der Waals surface area contributed by atoms with E-state index in [9.17, 15) is 9.18 Å². The first-order valence-electron chi connectivity index (χ1n) is 10.0. The summed E-state index contributed by atoms with van der Waals surface area (Å²) in [6.45, 7) is 2.46. The molecule has 0 aromatic heterocycles. The van der Waals surface area contributed by atoms with Gasteiger partial charge >= 0.3 is 0 Å². The Morgan fingerprint density at radius 1 is 1.04 bits per heavy atom. The number of methoxy groups -OCH3 is 1. The Morgan fingerprint density at radius 3 is 2.46 bits per heavy atom. The number of carbonyl (C=O) groups is 1. The first kappa shape index (κ1) is 18.9. The van der Waals surface area contributed by atoms with Crippen LogP contribution < -0.4 is 4.74 Å². The number of halogens is 1. The lowest BCUT2D eigenvalue weighted by atomic mass is 9.87. The maximum atomic E-state index is 15.0. The third kappa shape index (κ3) is 3.90. The largest absolute Gasteiger partial charge is 0.497 e. The Balaban J connectivity index is 1.37. The zero-order valence-corrected chi connectivity index (χ0v) is 16.3. The van der Waals surface area contributed by atoms with Crippen molar-refractivity contribution in [3.05, 3.63) is 65.7 Å². The highest BCUT2D eigenvalue weighted by Crippen LogP contribution is 2.33. The minimum absolute atomic E-state index is 0.112. The van der Waals surface area contributed by atoms with Gasteiger partial charge in [0.05, 0.1) is 13.2 Å². The first-order chi connectivity index (χ1) is 13.7. The summed E-state index contributed by atoms with van der Waals surface area (Å²) in [6.07, 6.45) is 0.555. The number of piperidine rings is 1. The van der Waals surface area contributed by atoms with Gasteiger partial charge in [0.25, 0.3) is 0 Å². The summed E-state index contributed by atoms with van der Waals surface area (Å²) in [4.78, 5) is 16.8. The molecule has 3 unspecified atom stereocenters. The molecule has 1 amide bonds. The quantitative estimate of drug-likeness (QED) is 0.792. The molecule has 5 heteroatoms. The Kier molecular flexibility index (Phi) is 5.62. The number of nitrogens with zero attached hydrogens (tertiary/aromatic N) is 2. The summed E-state index contributed by atoms with van der Waals surface area (Å²) in [5, 5.41) is 0. The molecule has 2 aromatic rings. The summed E-state index contributed by atoms with van der Waals surface area (Å²) >= 11 is 0. The van der Waals surface area contributed by atoms with Crippen LogP contribution in [0.15, 0.2) is 54.6 Å². The van der Waals surface area contributed by atoms with Crippen LogP contribution in [-0.4, -0.2) is 54.7 Å². The van der Waals surface area contributed by atoms with Gasteiger partial charge in [0.2, 0.25) is 5.91 Å². The van der Waals surface area contributed by atoms with Crippen LogP contribution in [-0.2, 0) is 11.3 Å². The van der Waals surface area contributed by atoms with E-state index in [2.05, 4.69) is 4.90 Å². The molecule has 4 rings (SSSR count). The second-order valence-electron chi connectivity index (χ2n) is 7.73. The number of likely N-dealkylation sites (tertiary alicyclic amines) is 2. The van der Waals surface area contributed by atoms with Gasteiger partial charge < -0.3 is 9.64 Å². The van der Waals surface area contributed by atoms with E-state index in [1.54, 1.807) is 7.11 Å². The van der Waals surface area contributed by atoms with Crippen molar-refractivity contribution in [1.82, 2.24) is 9.80 Å². The first-order valence-corrected chi connectivity index (χ1v) is 10.0. The van der Waals surface area contributed by atoms with Gasteiger partial charge in [-0.3, -0.25) is 9.69 Å². The van der Waals surface area contributed by atoms with Crippen LogP contribution in [0.25, 0.3) is 0 Å². The molecule has 0 saturated carbocycles. The van der Waals surface area contributed by atoms with Gasteiger partial charge in [-0.25, -0.2) is 4.39 Å². The van der Waals surface area contributed by atoms with Crippen molar-refractivity contribution < 1.29 is 13.9 Å². The molecular formula is C23H27FN2O2. The van der Waals surface area contributed by atoms with E-state index < -0.39 is 6.17 Å². The topological polar surface area (TPSA) is 32.8 Å². The van der Waals surface area contributed by atoms with Crippen molar-refractivity contribution >= 4 is 5.91 Å². The number of hydrogen-bond acceptors (Lipinski definition) is 3. The van der Waals surface area contributed by atoms with Crippen LogP contribution in [0, 0.1) is 0 Å². The lowest BCUT2D eigenvalue weighted by molar-refractivity contribution is -0.133.